The van der Waals surface area contributed by atoms with Crippen molar-refractivity contribution >= 4 is 5.78 Å². The van der Waals surface area contributed by atoms with Gasteiger partial charge in [-0.1, -0.05) is 25.5 Å². The normalized spacial score (nSPS) is 49.2. The summed E-state index contributed by atoms with van der Waals surface area (Å²) in [4.78, 5) is 12.4. The lowest BCUT2D eigenvalue weighted by atomic mass is 9.47. The van der Waals surface area contributed by atoms with Crippen LogP contribution in [0.25, 0.3) is 0 Å². The average Bonchev–Trinajstić information content (AvgIpc) is 2.92. The number of ketones is 1. The fraction of sp³-hybridized carbons (Fsp3) is 0.857. The highest BCUT2D eigenvalue weighted by molar-refractivity contribution is 5.84. The van der Waals surface area contributed by atoms with Crippen molar-refractivity contribution in [2.45, 2.75) is 77.6 Å². The van der Waals surface area contributed by atoms with E-state index < -0.39 is 6.29 Å². The van der Waals surface area contributed by atoms with Crippen molar-refractivity contribution in [1.29, 1.82) is 0 Å². The monoisotopic (exact) mass is 348 g/mol. The van der Waals surface area contributed by atoms with Crippen LogP contribution >= 0.6 is 0 Å². The lowest BCUT2D eigenvalue weighted by Gasteiger charge is -2.57. The fourth-order valence-corrected chi connectivity index (χ4v) is 7.29. The molecule has 0 aliphatic heterocycles. The maximum Gasteiger partial charge on any atom is 0.213 e. The number of carbonyl (C=O) groups is 1. The third kappa shape index (κ3) is 2.48. The number of Topliss-reactive ketones (excluding diaryl/α,β-unsaturated/α-hetero) is 1. The Balaban J connectivity index is 1.63. The van der Waals surface area contributed by atoms with Crippen molar-refractivity contribution in [3.05, 3.63) is 11.6 Å². The first kappa shape index (κ1) is 17.7. The molecule has 4 aliphatic carbocycles. The molecular formula is C21H32O4. The smallest absolute Gasteiger partial charge is 0.213 e. The third-order valence-electron chi connectivity index (χ3n) is 8.68. The van der Waals surface area contributed by atoms with Crippen LogP contribution in [0.3, 0.4) is 0 Å². The molecule has 0 aromatic rings. The van der Waals surface area contributed by atoms with E-state index in [9.17, 15) is 20.1 Å². The van der Waals surface area contributed by atoms with Crippen LogP contribution in [0.5, 0.6) is 0 Å². The Morgan fingerprint density at radius 1 is 1.12 bits per heavy atom. The van der Waals surface area contributed by atoms with Gasteiger partial charge < -0.3 is 15.3 Å². The van der Waals surface area contributed by atoms with E-state index in [1.54, 1.807) is 0 Å². The minimum Gasteiger partial charge on any atom is -0.393 e. The van der Waals surface area contributed by atoms with Gasteiger partial charge >= 0.3 is 0 Å². The minimum absolute atomic E-state index is 0.0855. The first-order chi connectivity index (χ1) is 11.8. The zero-order valence-corrected chi connectivity index (χ0v) is 15.4. The molecule has 4 rings (SSSR count). The SMILES string of the molecule is CC12CCC(O)CC1=CCC1C2CCC2(C)C(C(=O)C(O)O)CCC12. The van der Waals surface area contributed by atoms with E-state index in [0.717, 1.165) is 51.4 Å². The number of hydrogen-bond donors (Lipinski definition) is 3. The Hall–Kier alpha value is -0.710. The topological polar surface area (TPSA) is 77.8 Å². The summed E-state index contributed by atoms with van der Waals surface area (Å²) in [5, 5.41) is 28.9. The summed E-state index contributed by atoms with van der Waals surface area (Å²) in [5.41, 5.74) is 1.59. The Morgan fingerprint density at radius 3 is 2.60 bits per heavy atom. The predicted octanol–water partition coefficient (Wildman–Crippen LogP) is 2.81. The molecule has 4 heteroatoms. The second kappa shape index (κ2) is 5.90. The van der Waals surface area contributed by atoms with E-state index in [0.29, 0.717) is 17.8 Å². The molecule has 0 aromatic heterocycles. The van der Waals surface area contributed by atoms with Gasteiger partial charge in [-0.15, -0.1) is 0 Å². The third-order valence-corrected chi connectivity index (χ3v) is 8.68. The molecule has 0 saturated heterocycles. The maximum absolute atomic E-state index is 12.4. The minimum atomic E-state index is -1.83. The molecule has 7 unspecified atom stereocenters. The summed E-state index contributed by atoms with van der Waals surface area (Å²) in [6.45, 7) is 4.62. The predicted molar refractivity (Wildman–Crippen MR) is 94.4 cm³/mol. The van der Waals surface area contributed by atoms with Crippen LogP contribution in [-0.4, -0.2) is 33.5 Å². The Labute approximate surface area is 150 Å². The molecule has 25 heavy (non-hydrogen) atoms. The molecule has 3 N–H and O–H groups in total. The van der Waals surface area contributed by atoms with Gasteiger partial charge in [-0.2, -0.15) is 0 Å². The Morgan fingerprint density at radius 2 is 1.88 bits per heavy atom. The lowest BCUT2D eigenvalue weighted by Crippen LogP contribution is -2.51. The van der Waals surface area contributed by atoms with Crippen LogP contribution in [0.1, 0.15) is 65.2 Å². The fourth-order valence-electron chi connectivity index (χ4n) is 7.29. The van der Waals surface area contributed by atoms with Gasteiger partial charge in [-0.25, -0.2) is 0 Å². The molecule has 0 spiro atoms. The summed E-state index contributed by atoms with van der Waals surface area (Å²) in [6, 6.07) is 0. The summed E-state index contributed by atoms with van der Waals surface area (Å²) in [6.07, 6.45) is 8.21. The number of allylic oxidation sites excluding steroid dienone is 1. The number of carbonyl (C=O) groups excluding carboxylic acids is 1. The summed E-state index contributed by atoms with van der Waals surface area (Å²) >= 11 is 0. The van der Waals surface area contributed by atoms with Gasteiger partial charge in [0.15, 0.2) is 5.78 Å². The molecule has 0 heterocycles. The van der Waals surface area contributed by atoms with E-state index in [4.69, 9.17) is 0 Å². The molecule has 0 amide bonds. The first-order valence-corrected chi connectivity index (χ1v) is 10.0. The Kier molecular flexibility index (Phi) is 4.17. The number of aliphatic hydroxyl groups excluding tert-OH is 2. The summed E-state index contributed by atoms with van der Waals surface area (Å²) in [5.74, 6) is 1.16. The second-order valence-corrected chi connectivity index (χ2v) is 9.61. The van der Waals surface area contributed by atoms with Crippen molar-refractivity contribution in [1.82, 2.24) is 0 Å². The highest BCUT2D eigenvalue weighted by atomic mass is 16.5. The van der Waals surface area contributed by atoms with Gasteiger partial charge in [-0.3, -0.25) is 4.79 Å². The molecule has 0 aromatic carbocycles. The number of aliphatic hydroxyl groups is 3. The van der Waals surface area contributed by atoms with Crippen LogP contribution in [0.15, 0.2) is 11.6 Å². The molecule has 0 radical (unpaired) electrons. The van der Waals surface area contributed by atoms with Gasteiger partial charge in [0.25, 0.3) is 0 Å². The van der Waals surface area contributed by atoms with Crippen LogP contribution in [-0.2, 0) is 4.79 Å². The quantitative estimate of drug-likeness (QED) is 0.530. The van der Waals surface area contributed by atoms with Crippen molar-refractivity contribution in [2.24, 2.45) is 34.5 Å². The van der Waals surface area contributed by atoms with Crippen molar-refractivity contribution in [3.8, 4) is 0 Å². The maximum atomic E-state index is 12.4. The molecule has 4 nitrogen and oxygen atoms in total. The second-order valence-electron chi connectivity index (χ2n) is 9.61. The van der Waals surface area contributed by atoms with E-state index >= 15 is 0 Å². The molecule has 140 valence electrons. The van der Waals surface area contributed by atoms with E-state index in [2.05, 4.69) is 19.9 Å². The summed E-state index contributed by atoms with van der Waals surface area (Å²) in [7, 11) is 0. The van der Waals surface area contributed by atoms with Gasteiger partial charge in [0.05, 0.1) is 6.10 Å². The van der Waals surface area contributed by atoms with Crippen LogP contribution < -0.4 is 0 Å². The van der Waals surface area contributed by atoms with Crippen LogP contribution in [0.4, 0.5) is 0 Å². The van der Waals surface area contributed by atoms with Crippen LogP contribution in [0, 0.1) is 34.5 Å². The van der Waals surface area contributed by atoms with Gasteiger partial charge in [0.1, 0.15) is 0 Å². The van der Waals surface area contributed by atoms with Crippen molar-refractivity contribution in [2.75, 3.05) is 0 Å². The molecular weight excluding hydrogens is 316 g/mol. The van der Waals surface area contributed by atoms with E-state index in [1.807, 2.05) is 0 Å². The van der Waals surface area contributed by atoms with Gasteiger partial charge in [0, 0.05) is 5.92 Å². The van der Waals surface area contributed by atoms with Crippen molar-refractivity contribution < 1.29 is 20.1 Å². The van der Waals surface area contributed by atoms with Gasteiger partial charge in [-0.05, 0) is 80.0 Å². The standard InChI is InChI=1S/C21H32O4/c1-20-9-7-13(22)11-12(20)3-4-14-15-5-6-17(18(23)19(24)25)21(15,2)10-8-16(14)20/h3,13-17,19,22,24-25H,4-11H2,1-2H3. The molecule has 3 saturated carbocycles. The van der Waals surface area contributed by atoms with E-state index in [-0.39, 0.29) is 28.6 Å². The number of rotatable bonds is 2. The van der Waals surface area contributed by atoms with E-state index in [1.165, 1.54) is 5.57 Å². The zero-order valence-electron chi connectivity index (χ0n) is 15.4. The highest BCUT2D eigenvalue weighted by Crippen LogP contribution is 2.66. The number of hydrogen-bond acceptors (Lipinski definition) is 4. The molecule has 7 atom stereocenters. The first-order valence-electron chi connectivity index (χ1n) is 10.0. The molecule has 3 fully saturated rings. The molecule has 4 aliphatic rings. The number of fused-ring (bicyclic) bond motifs is 5. The lowest BCUT2D eigenvalue weighted by molar-refractivity contribution is -0.155. The summed E-state index contributed by atoms with van der Waals surface area (Å²) < 4.78 is 0. The highest BCUT2D eigenvalue weighted by Gasteiger charge is 2.60. The van der Waals surface area contributed by atoms with Crippen molar-refractivity contribution in [3.63, 3.8) is 0 Å². The molecule has 0 bridgehead atoms. The van der Waals surface area contributed by atoms with Gasteiger partial charge in [0.2, 0.25) is 6.29 Å². The van der Waals surface area contributed by atoms with Crippen LogP contribution in [0.2, 0.25) is 0 Å². The zero-order chi connectivity index (χ0) is 18.0. The average molecular weight is 348 g/mol. The largest absolute Gasteiger partial charge is 0.393 e. The Bertz CT molecular complexity index is 597.